The molecule has 0 aromatic carbocycles. The number of unbranched alkanes of at least 4 members (excludes halogenated alkanes) is 8. The molecular weight excluding hydrogens is 294 g/mol. The summed E-state index contributed by atoms with van der Waals surface area (Å²) in [6.07, 6.45) is 26.1. The minimum atomic E-state index is 0.384. The van der Waals surface area contributed by atoms with Gasteiger partial charge in [0.25, 0.3) is 0 Å². The highest BCUT2D eigenvalue weighted by Gasteiger charge is 2.16. The monoisotopic (exact) mass is 333 g/mol. The van der Waals surface area contributed by atoms with E-state index in [4.69, 9.17) is 0 Å². The van der Waals surface area contributed by atoms with Crippen LogP contribution in [0.25, 0.3) is 0 Å². The third-order valence-corrected chi connectivity index (χ3v) is 4.78. The summed E-state index contributed by atoms with van der Waals surface area (Å²) in [6, 6.07) is 0. The number of carbonyl (C=O) groups is 1. The molecule has 1 rings (SSSR count). The molecule has 1 heterocycles. The Balaban J connectivity index is 1.81. The molecule has 1 saturated heterocycles. The van der Waals surface area contributed by atoms with Gasteiger partial charge in [-0.2, -0.15) is 0 Å². The molecular formula is C22H39NO. The van der Waals surface area contributed by atoms with E-state index in [0.29, 0.717) is 5.91 Å². The molecule has 1 amide bonds. The smallest absolute Gasteiger partial charge is 0.222 e. The molecule has 1 aliphatic heterocycles. The van der Waals surface area contributed by atoms with Gasteiger partial charge in [-0.25, -0.2) is 0 Å². The van der Waals surface area contributed by atoms with Crippen molar-refractivity contribution in [1.29, 1.82) is 0 Å². The lowest BCUT2D eigenvalue weighted by Gasteiger charge is -2.14. The third-order valence-electron chi connectivity index (χ3n) is 4.78. The first-order chi connectivity index (χ1) is 11.8. The van der Waals surface area contributed by atoms with E-state index in [1.165, 1.54) is 77.0 Å². The fourth-order valence-corrected chi connectivity index (χ4v) is 3.19. The third kappa shape index (κ3) is 11.5. The zero-order chi connectivity index (χ0) is 17.3. The van der Waals surface area contributed by atoms with Gasteiger partial charge in [0.2, 0.25) is 5.91 Å². The van der Waals surface area contributed by atoms with E-state index in [2.05, 4.69) is 31.2 Å². The molecule has 0 radical (unpaired) electrons. The maximum Gasteiger partial charge on any atom is 0.222 e. The van der Waals surface area contributed by atoms with Crippen LogP contribution in [0.15, 0.2) is 24.3 Å². The second-order valence-electron chi connectivity index (χ2n) is 7.06. The van der Waals surface area contributed by atoms with Crippen molar-refractivity contribution in [3.05, 3.63) is 24.3 Å². The first kappa shape index (κ1) is 21.0. The number of allylic oxidation sites excluding steroid dienone is 4. The molecule has 0 atom stereocenters. The van der Waals surface area contributed by atoms with Crippen molar-refractivity contribution in [1.82, 2.24) is 4.90 Å². The maximum absolute atomic E-state index is 11.9. The molecule has 0 aromatic heterocycles. The van der Waals surface area contributed by atoms with Gasteiger partial charge in [-0.05, 0) is 57.8 Å². The maximum atomic E-state index is 11.9. The largest absolute Gasteiger partial charge is 0.343 e. The van der Waals surface area contributed by atoms with Crippen LogP contribution in [0.3, 0.4) is 0 Å². The Morgan fingerprint density at radius 2 is 1.29 bits per heavy atom. The van der Waals surface area contributed by atoms with Gasteiger partial charge in [0.1, 0.15) is 0 Å². The van der Waals surface area contributed by atoms with Gasteiger partial charge >= 0.3 is 0 Å². The highest BCUT2D eigenvalue weighted by molar-refractivity contribution is 5.76. The standard InChI is InChI=1S/C22H39NO/c1-2-3-4-5-6-7-8-9-10-11-12-13-14-15-16-19-22(24)23-20-17-18-21-23/h6-7,10-11H,2-5,8-9,12-21H2,1H3/b7-6-,11-10-. The average Bonchev–Trinajstić information content (AvgIpc) is 3.13. The molecule has 0 bridgehead atoms. The van der Waals surface area contributed by atoms with Crippen molar-refractivity contribution in [2.45, 2.75) is 96.8 Å². The van der Waals surface area contributed by atoms with Crippen molar-refractivity contribution in [3.8, 4) is 0 Å². The van der Waals surface area contributed by atoms with E-state index in [1.54, 1.807) is 0 Å². The van der Waals surface area contributed by atoms with Gasteiger partial charge in [-0.15, -0.1) is 0 Å². The normalized spacial score (nSPS) is 15.1. The first-order valence-electron chi connectivity index (χ1n) is 10.4. The van der Waals surface area contributed by atoms with Crippen molar-refractivity contribution >= 4 is 5.91 Å². The lowest BCUT2D eigenvalue weighted by Crippen LogP contribution is -2.27. The zero-order valence-electron chi connectivity index (χ0n) is 16.0. The van der Waals surface area contributed by atoms with E-state index in [9.17, 15) is 4.79 Å². The van der Waals surface area contributed by atoms with E-state index < -0.39 is 0 Å². The summed E-state index contributed by atoms with van der Waals surface area (Å²) in [6.45, 7) is 4.25. The van der Waals surface area contributed by atoms with Crippen LogP contribution in [-0.2, 0) is 4.79 Å². The molecule has 0 unspecified atom stereocenters. The Morgan fingerprint density at radius 3 is 1.92 bits per heavy atom. The van der Waals surface area contributed by atoms with Crippen LogP contribution in [0.1, 0.15) is 96.8 Å². The lowest BCUT2D eigenvalue weighted by molar-refractivity contribution is -0.130. The number of amides is 1. The Morgan fingerprint density at radius 1 is 0.750 bits per heavy atom. The SMILES string of the molecule is CCCCC/C=C\CC/C=C\CCCCCCC(=O)N1CCCC1. The molecule has 0 aliphatic carbocycles. The van der Waals surface area contributed by atoms with Crippen molar-refractivity contribution in [2.75, 3.05) is 13.1 Å². The molecule has 2 nitrogen and oxygen atoms in total. The molecule has 1 aliphatic rings. The minimum absolute atomic E-state index is 0.384. The van der Waals surface area contributed by atoms with E-state index in [-0.39, 0.29) is 0 Å². The predicted octanol–water partition coefficient (Wildman–Crippen LogP) is 6.42. The van der Waals surface area contributed by atoms with Crippen molar-refractivity contribution < 1.29 is 4.79 Å². The van der Waals surface area contributed by atoms with Gasteiger partial charge in [0, 0.05) is 19.5 Å². The van der Waals surface area contributed by atoms with Crippen molar-refractivity contribution in [3.63, 3.8) is 0 Å². The summed E-state index contributed by atoms with van der Waals surface area (Å²) >= 11 is 0. The van der Waals surface area contributed by atoms with Crippen LogP contribution in [-0.4, -0.2) is 23.9 Å². The summed E-state index contributed by atoms with van der Waals surface area (Å²) in [5, 5.41) is 0. The van der Waals surface area contributed by atoms with Crippen LogP contribution in [0.5, 0.6) is 0 Å². The van der Waals surface area contributed by atoms with Gasteiger partial charge in [-0.1, -0.05) is 56.9 Å². The Bertz CT molecular complexity index is 353. The van der Waals surface area contributed by atoms with Gasteiger partial charge in [0.15, 0.2) is 0 Å². The Labute approximate surface area is 150 Å². The lowest BCUT2D eigenvalue weighted by atomic mass is 10.1. The number of hydrogen-bond donors (Lipinski definition) is 0. The Kier molecular flexibility index (Phi) is 13.5. The predicted molar refractivity (Wildman–Crippen MR) is 105 cm³/mol. The molecule has 1 fully saturated rings. The van der Waals surface area contributed by atoms with Gasteiger partial charge < -0.3 is 4.90 Å². The quantitative estimate of drug-likeness (QED) is 0.265. The fourth-order valence-electron chi connectivity index (χ4n) is 3.19. The topological polar surface area (TPSA) is 20.3 Å². The number of hydrogen-bond acceptors (Lipinski definition) is 1. The van der Waals surface area contributed by atoms with Crippen molar-refractivity contribution in [2.24, 2.45) is 0 Å². The number of nitrogens with zero attached hydrogens (tertiary/aromatic N) is 1. The van der Waals surface area contributed by atoms with E-state index in [0.717, 1.165) is 25.9 Å². The molecule has 0 N–H and O–H groups in total. The zero-order valence-corrected chi connectivity index (χ0v) is 16.0. The molecule has 0 saturated carbocycles. The van der Waals surface area contributed by atoms with Crippen LogP contribution in [0.4, 0.5) is 0 Å². The highest BCUT2D eigenvalue weighted by atomic mass is 16.2. The summed E-state index contributed by atoms with van der Waals surface area (Å²) in [5.41, 5.74) is 0. The minimum Gasteiger partial charge on any atom is -0.343 e. The number of likely N-dealkylation sites (tertiary alicyclic amines) is 1. The molecule has 138 valence electrons. The van der Waals surface area contributed by atoms with Crippen LogP contribution in [0.2, 0.25) is 0 Å². The van der Waals surface area contributed by atoms with E-state index in [1.807, 2.05) is 4.90 Å². The van der Waals surface area contributed by atoms with Gasteiger partial charge in [0.05, 0.1) is 0 Å². The molecule has 0 aromatic rings. The molecule has 0 spiro atoms. The number of carbonyl (C=O) groups excluding carboxylic acids is 1. The highest BCUT2D eigenvalue weighted by Crippen LogP contribution is 2.12. The number of rotatable bonds is 14. The van der Waals surface area contributed by atoms with Crippen LogP contribution >= 0.6 is 0 Å². The molecule has 2 heteroatoms. The summed E-state index contributed by atoms with van der Waals surface area (Å²) < 4.78 is 0. The first-order valence-corrected chi connectivity index (χ1v) is 10.4. The summed E-state index contributed by atoms with van der Waals surface area (Å²) in [7, 11) is 0. The van der Waals surface area contributed by atoms with Crippen LogP contribution in [0, 0.1) is 0 Å². The van der Waals surface area contributed by atoms with Gasteiger partial charge in [-0.3, -0.25) is 4.79 Å². The molecule has 24 heavy (non-hydrogen) atoms. The van der Waals surface area contributed by atoms with E-state index >= 15 is 0 Å². The summed E-state index contributed by atoms with van der Waals surface area (Å²) in [5.74, 6) is 0.384. The second-order valence-corrected chi connectivity index (χ2v) is 7.06. The van der Waals surface area contributed by atoms with Crippen LogP contribution < -0.4 is 0 Å². The fraction of sp³-hybridized carbons (Fsp3) is 0.773. The average molecular weight is 334 g/mol. The summed E-state index contributed by atoms with van der Waals surface area (Å²) in [4.78, 5) is 13.9. The Hall–Kier alpha value is -1.05. The second kappa shape index (κ2) is 15.5.